The minimum Gasteiger partial charge on any atom is -0.462 e. The average Bonchev–Trinajstić information content (AvgIpc) is 3.21. The Kier molecular flexibility index (Phi) is 5.57. The summed E-state index contributed by atoms with van der Waals surface area (Å²) in [7, 11) is 0. The molecule has 0 aliphatic heterocycles. The molecule has 0 unspecified atom stereocenters. The maximum Gasteiger partial charge on any atom is 0.249 e. The lowest BCUT2D eigenvalue weighted by molar-refractivity contribution is -0.111. The van der Waals surface area contributed by atoms with Gasteiger partial charge in [-0.25, -0.2) is 0 Å². The van der Waals surface area contributed by atoms with Crippen LogP contribution in [-0.4, -0.2) is 5.91 Å². The van der Waals surface area contributed by atoms with E-state index in [1.165, 1.54) is 11.0 Å². The van der Waals surface area contributed by atoms with Crippen LogP contribution in [-0.2, 0) is 17.6 Å². The molecule has 0 fully saturated rings. The quantitative estimate of drug-likeness (QED) is 0.673. The Bertz CT molecular complexity index is 911. The predicted molar refractivity (Wildman–Crippen MR) is 110 cm³/mol. The maximum absolute atomic E-state index is 12.3. The fourth-order valence-electron chi connectivity index (χ4n) is 3.60. The Hall–Kier alpha value is -2.32. The number of fused-ring (bicyclic) bond motifs is 1. The molecule has 2 aromatic heterocycles. The van der Waals surface area contributed by atoms with E-state index in [4.69, 9.17) is 4.42 Å². The first-order chi connectivity index (χ1) is 12.8. The summed E-state index contributed by atoms with van der Waals surface area (Å²) in [6, 6.07) is 5.98. The van der Waals surface area contributed by atoms with Crippen molar-refractivity contribution < 1.29 is 9.21 Å². The highest BCUT2D eigenvalue weighted by atomic mass is 32.1. The van der Waals surface area contributed by atoms with Gasteiger partial charge in [0, 0.05) is 11.0 Å². The molecule has 0 spiro atoms. The molecule has 1 atom stereocenters. The van der Waals surface area contributed by atoms with Crippen molar-refractivity contribution >= 4 is 28.3 Å². The number of aryl methyl sites for hydroxylation is 1. The molecule has 1 amide bonds. The van der Waals surface area contributed by atoms with E-state index in [0.29, 0.717) is 27.7 Å². The smallest absolute Gasteiger partial charge is 0.249 e. The van der Waals surface area contributed by atoms with E-state index in [-0.39, 0.29) is 5.91 Å². The monoisotopic (exact) mass is 382 g/mol. The summed E-state index contributed by atoms with van der Waals surface area (Å²) < 4.78 is 5.43. The molecule has 0 aromatic carbocycles. The first-order valence-electron chi connectivity index (χ1n) is 9.44. The Labute approximate surface area is 164 Å². The van der Waals surface area contributed by atoms with Gasteiger partial charge in [-0.2, -0.15) is 5.26 Å². The standard InChI is InChI=1S/C22H26N2O2S/c1-5-22(3,4)15-7-10-17-18(13-23)21(27-19(17)12-15)24-20(25)11-9-16-8-6-14(2)26-16/h6,8-9,11,15H,5,7,10,12H2,1-4H3,(H,24,25)/b11-9-/t15-/m0/s1. The molecule has 0 saturated carbocycles. The number of amides is 1. The topological polar surface area (TPSA) is 66.0 Å². The molecule has 142 valence electrons. The van der Waals surface area contributed by atoms with Crippen molar-refractivity contribution in [3.8, 4) is 6.07 Å². The zero-order valence-corrected chi connectivity index (χ0v) is 17.2. The number of rotatable bonds is 5. The number of hydrogen-bond acceptors (Lipinski definition) is 4. The van der Waals surface area contributed by atoms with E-state index in [1.54, 1.807) is 17.4 Å². The molecule has 2 aromatic rings. The van der Waals surface area contributed by atoms with E-state index in [1.807, 2.05) is 19.1 Å². The van der Waals surface area contributed by atoms with Crippen LogP contribution in [0.25, 0.3) is 6.08 Å². The van der Waals surface area contributed by atoms with Crippen molar-refractivity contribution in [3.05, 3.63) is 45.7 Å². The van der Waals surface area contributed by atoms with Gasteiger partial charge in [0.1, 0.15) is 22.6 Å². The van der Waals surface area contributed by atoms with Gasteiger partial charge in [-0.15, -0.1) is 11.3 Å². The first kappa shape index (κ1) is 19.4. The maximum atomic E-state index is 12.3. The summed E-state index contributed by atoms with van der Waals surface area (Å²) in [5.74, 6) is 1.81. The summed E-state index contributed by atoms with van der Waals surface area (Å²) in [5.41, 5.74) is 2.06. The van der Waals surface area contributed by atoms with Crippen molar-refractivity contribution in [1.82, 2.24) is 0 Å². The fraction of sp³-hybridized carbons (Fsp3) is 0.455. The van der Waals surface area contributed by atoms with Crippen LogP contribution >= 0.6 is 11.3 Å². The summed E-state index contributed by atoms with van der Waals surface area (Å²) in [6.07, 6.45) is 7.24. The Morgan fingerprint density at radius 3 is 2.89 bits per heavy atom. The number of anilines is 1. The third-order valence-corrected chi connectivity index (χ3v) is 6.96. The molecule has 1 N–H and O–H groups in total. The van der Waals surface area contributed by atoms with E-state index in [9.17, 15) is 10.1 Å². The van der Waals surface area contributed by atoms with Crippen LogP contribution in [0.4, 0.5) is 5.00 Å². The van der Waals surface area contributed by atoms with E-state index in [0.717, 1.165) is 37.0 Å². The van der Waals surface area contributed by atoms with Gasteiger partial charge in [-0.3, -0.25) is 4.79 Å². The van der Waals surface area contributed by atoms with Crippen LogP contribution in [0.1, 0.15) is 61.1 Å². The SMILES string of the molecule is CCC(C)(C)[C@H]1CCc2c(sc(NC(=O)/C=C\c3ccc(C)o3)c2C#N)C1. The molecule has 0 radical (unpaired) electrons. The summed E-state index contributed by atoms with van der Waals surface area (Å²) in [6.45, 7) is 8.75. The third kappa shape index (κ3) is 4.17. The van der Waals surface area contributed by atoms with Crippen molar-refractivity contribution in [2.75, 3.05) is 5.32 Å². The summed E-state index contributed by atoms with van der Waals surface area (Å²) in [5, 5.41) is 13.2. The highest BCUT2D eigenvalue weighted by Gasteiger charge is 2.33. The summed E-state index contributed by atoms with van der Waals surface area (Å²) >= 11 is 1.56. The van der Waals surface area contributed by atoms with E-state index >= 15 is 0 Å². The van der Waals surface area contributed by atoms with Crippen LogP contribution in [0.5, 0.6) is 0 Å². The molecular weight excluding hydrogens is 356 g/mol. The second-order valence-electron chi connectivity index (χ2n) is 7.87. The predicted octanol–water partition coefficient (Wildman–Crippen LogP) is 5.71. The number of carbonyl (C=O) groups is 1. The zero-order chi connectivity index (χ0) is 19.6. The zero-order valence-electron chi connectivity index (χ0n) is 16.4. The average molecular weight is 383 g/mol. The number of nitriles is 1. The van der Waals surface area contributed by atoms with Crippen LogP contribution in [0.15, 0.2) is 22.6 Å². The molecule has 3 rings (SSSR count). The van der Waals surface area contributed by atoms with Crippen molar-refractivity contribution in [1.29, 1.82) is 5.26 Å². The highest BCUT2D eigenvalue weighted by molar-refractivity contribution is 7.16. The minimum atomic E-state index is -0.246. The Morgan fingerprint density at radius 2 is 2.26 bits per heavy atom. The lowest BCUT2D eigenvalue weighted by atomic mass is 9.69. The third-order valence-electron chi connectivity index (χ3n) is 5.79. The second kappa shape index (κ2) is 7.74. The lowest BCUT2D eigenvalue weighted by Crippen LogP contribution is -2.28. The van der Waals surface area contributed by atoms with Gasteiger partial charge in [0.25, 0.3) is 0 Å². The van der Waals surface area contributed by atoms with Crippen LogP contribution in [0.3, 0.4) is 0 Å². The first-order valence-corrected chi connectivity index (χ1v) is 10.3. The number of hydrogen-bond donors (Lipinski definition) is 1. The van der Waals surface area contributed by atoms with Gasteiger partial charge in [-0.05, 0) is 61.3 Å². The lowest BCUT2D eigenvalue weighted by Gasteiger charge is -2.36. The van der Waals surface area contributed by atoms with Crippen molar-refractivity contribution in [3.63, 3.8) is 0 Å². The molecule has 5 heteroatoms. The molecule has 0 bridgehead atoms. The minimum absolute atomic E-state index is 0.246. The summed E-state index contributed by atoms with van der Waals surface area (Å²) in [4.78, 5) is 13.6. The number of nitrogens with zero attached hydrogens (tertiary/aromatic N) is 1. The van der Waals surface area contributed by atoms with Crippen LogP contribution in [0.2, 0.25) is 0 Å². The molecule has 1 aliphatic carbocycles. The molecule has 2 heterocycles. The van der Waals surface area contributed by atoms with Gasteiger partial charge >= 0.3 is 0 Å². The van der Waals surface area contributed by atoms with Gasteiger partial charge in [0.15, 0.2) is 0 Å². The second-order valence-corrected chi connectivity index (χ2v) is 8.98. The Morgan fingerprint density at radius 1 is 1.48 bits per heavy atom. The van der Waals surface area contributed by atoms with Gasteiger partial charge in [-0.1, -0.05) is 27.2 Å². The molecular formula is C22H26N2O2S. The molecule has 27 heavy (non-hydrogen) atoms. The largest absolute Gasteiger partial charge is 0.462 e. The normalized spacial score (nSPS) is 16.9. The van der Waals surface area contributed by atoms with Crippen LogP contribution in [0, 0.1) is 29.6 Å². The van der Waals surface area contributed by atoms with Crippen molar-refractivity contribution in [2.45, 2.75) is 53.4 Å². The molecule has 1 aliphatic rings. The number of carbonyl (C=O) groups excluding carboxylic acids is 1. The van der Waals surface area contributed by atoms with Gasteiger partial charge in [0.05, 0.1) is 5.56 Å². The number of nitrogens with one attached hydrogen (secondary N) is 1. The fourth-order valence-corrected chi connectivity index (χ4v) is 4.88. The van der Waals surface area contributed by atoms with E-state index in [2.05, 4.69) is 32.2 Å². The van der Waals surface area contributed by atoms with E-state index < -0.39 is 0 Å². The van der Waals surface area contributed by atoms with Crippen molar-refractivity contribution in [2.24, 2.45) is 11.3 Å². The van der Waals surface area contributed by atoms with Gasteiger partial charge < -0.3 is 9.73 Å². The molecule has 0 saturated heterocycles. The Balaban J connectivity index is 1.76. The molecule has 4 nitrogen and oxygen atoms in total. The van der Waals surface area contributed by atoms with Crippen LogP contribution < -0.4 is 5.32 Å². The van der Waals surface area contributed by atoms with Gasteiger partial charge in [0.2, 0.25) is 5.91 Å². The number of thiophene rings is 1. The highest BCUT2D eigenvalue weighted by Crippen LogP contribution is 2.45. The number of furan rings is 1.